The number of nitrogens with zero attached hydrogens (tertiary/aromatic N) is 3. The molecule has 0 unspecified atom stereocenters. The maximum Gasteiger partial charge on any atom is 0.249 e. The van der Waals surface area contributed by atoms with Gasteiger partial charge in [-0.25, -0.2) is 22.2 Å². The Labute approximate surface area is 172 Å². The summed E-state index contributed by atoms with van der Waals surface area (Å²) in [5.74, 6) is -2.15. The minimum absolute atomic E-state index is 0.134. The van der Waals surface area contributed by atoms with Gasteiger partial charge in [0.2, 0.25) is 10.0 Å². The van der Waals surface area contributed by atoms with Crippen molar-refractivity contribution < 1.29 is 17.2 Å². The normalized spacial score (nSPS) is 15.6. The second kappa shape index (κ2) is 7.81. The van der Waals surface area contributed by atoms with Crippen molar-refractivity contribution in [2.75, 3.05) is 31.1 Å². The Kier molecular flexibility index (Phi) is 5.37. The fourth-order valence-corrected chi connectivity index (χ4v) is 5.74. The first-order chi connectivity index (χ1) is 13.9. The third kappa shape index (κ3) is 3.90. The van der Waals surface area contributed by atoms with Crippen LogP contribution >= 0.6 is 11.3 Å². The van der Waals surface area contributed by atoms with Gasteiger partial charge in [-0.1, -0.05) is 29.8 Å². The van der Waals surface area contributed by atoms with Crippen LogP contribution in [0.1, 0.15) is 5.56 Å². The summed E-state index contributed by atoms with van der Waals surface area (Å²) in [6.07, 6.45) is 0. The summed E-state index contributed by atoms with van der Waals surface area (Å²) in [6, 6.07) is 11.1. The molecule has 1 aliphatic rings. The molecule has 29 heavy (non-hydrogen) atoms. The van der Waals surface area contributed by atoms with E-state index >= 15 is 0 Å². The summed E-state index contributed by atoms with van der Waals surface area (Å²) in [4.78, 5) is 5.78. The third-order valence-electron chi connectivity index (χ3n) is 4.83. The van der Waals surface area contributed by atoms with Gasteiger partial charge in [0.1, 0.15) is 11.6 Å². The van der Waals surface area contributed by atoms with Gasteiger partial charge in [-0.2, -0.15) is 4.31 Å². The molecule has 3 aromatic rings. The van der Waals surface area contributed by atoms with Gasteiger partial charge in [0.25, 0.3) is 0 Å². The van der Waals surface area contributed by atoms with E-state index in [-0.39, 0.29) is 13.1 Å². The van der Waals surface area contributed by atoms with E-state index in [1.807, 2.05) is 35.4 Å². The first-order valence-corrected chi connectivity index (χ1v) is 11.4. The summed E-state index contributed by atoms with van der Waals surface area (Å²) in [6.45, 7) is 3.09. The van der Waals surface area contributed by atoms with E-state index in [2.05, 4.69) is 11.1 Å². The van der Waals surface area contributed by atoms with Crippen LogP contribution in [0.4, 0.5) is 13.9 Å². The molecule has 0 bridgehead atoms. The van der Waals surface area contributed by atoms with Crippen LogP contribution in [0.3, 0.4) is 0 Å². The quantitative estimate of drug-likeness (QED) is 0.624. The Balaban J connectivity index is 1.49. The largest absolute Gasteiger partial charge is 0.345 e. The topological polar surface area (TPSA) is 53.5 Å². The first kappa shape index (κ1) is 19.9. The van der Waals surface area contributed by atoms with Gasteiger partial charge in [0.05, 0.1) is 5.69 Å². The highest BCUT2D eigenvalue weighted by Gasteiger charge is 2.33. The average Bonchev–Trinajstić information content (AvgIpc) is 3.18. The fraction of sp³-hybridized carbons (Fsp3) is 0.250. The van der Waals surface area contributed by atoms with Crippen LogP contribution in [-0.4, -0.2) is 43.9 Å². The molecule has 5 nitrogen and oxygen atoms in total. The zero-order valence-corrected chi connectivity index (χ0v) is 17.3. The smallest absolute Gasteiger partial charge is 0.249 e. The Morgan fingerprint density at radius 3 is 2.31 bits per heavy atom. The summed E-state index contributed by atoms with van der Waals surface area (Å²) in [5.41, 5.74) is 3.05. The van der Waals surface area contributed by atoms with Crippen molar-refractivity contribution in [1.82, 2.24) is 9.29 Å². The zero-order chi connectivity index (χ0) is 20.6. The number of anilines is 1. The molecule has 2 aromatic carbocycles. The Hall–Kier alpha value is -2.36. The van der Waals surface area contributed by atoms with Gasteiger partial charge in [-0.15, -0.1) is 11.3 Å². The van der Waals surface area contributed by atoms with Crippen molar-refractivity contribution in [1.29, 1.82) is 0 Å². The van der Waals surface area contributed by atoms with E-state index in [9.17, 15) is 17.2 Å². The molecule has 0 amide bonds. The van der Waals surface area contributed by atoms with Crippen LogP contribution in [0.25, 0.3) is 11.3 Å². The van der Waals surface area contributed by atoms with Crippen molar-refractivity contribution in [3.8, 4) is 11.3 Å². The molecule has 2 heterocycles. The lowest BCUT2D eigenvalue weighted by Gasteiger charge is -2.33. The molecule has 0 radical (unpaired) electrons. The van der Waals surface area contributed by atoms with Crippen molar-refractivity contribution >= 4 is 26.5 Å². The number of rotatable bonds is 4. The van der Waals surface area contributed by atoms with Crippen molar-refractivity contribution in [2.24, 2.45) is 0 Å². The summed E-state index contributed by atoms with van der Waals surface area (Å²) in [7, 11) is -4.23. The minimum atomic E-state index is -4.23. The number of hydrogen-bond donors (Lipinski definition) is 0. The second-order valence-corrected chi connectivity index (χ2v) is 9.54. The molecular formula is C20H19F2N3O2S2. The molecule has 0 saturated carbocycles. The Morgan fingerprint density at radius 1 is 1.00 bits per heavy atom. The third-order valence-corrected chi connectivity index (χ3v) is 7.68. The summed E-state index contributed by atoms with van der Waals surface area (Å²) in [5, 5.41) is 2.78. The number of thiazole rings is 1. The molecule has 1 aromatic heterocycles. The molecule has 1 saturated heterocycles. The van der Waals surface area contributed by atoms with Gasteiger partial charge in [0, 0.05) is 37.1 Å². The van der Waals surface area contributed by atoms with Crippen LogP contribution in [0.15, 0.2) is 52.7 Å². The highest BCUT2D eigenvalue weighted by molar-refractivity contribution is 7.89. The van der Waals surface area contributed by atoms with Crippen LogP contribution < -0.4 is 4.90 Å². The van der Waals surface area contributed by atoms with E-state index in [1.165, 1.54) is 11.3 Å². The van der Waals surface area contributed by atoms with Gasteiger partial charge in [-0.3, -0.25) is 0 Å². The SMILES string of the molecule is Cc1cccc(-c2csc(N3CCN(S(=O)(=O)c4c(F)cccc4F)CC3)n2)c1. The standard InChI is InChI=1S/C20H19F2N3O2S2/c1-14-4-2-5-15(12-14)18-13-28-20(23-18)24-8-10-25(11-9-24)29(26,27)19-16(21)6-3-7-17(19)22/h2-7,12-13H,8-11H2,1H3. The highest BCUT2D eigenvalue weighted by Crippen LogP contribution is 2.30. The van der Waals surface area contributed by atoms with E-state index in [4.69, 9.17) is 0 Å². The number of sulfonamides is 1. The molecule has 152 valence electrons. The van der Waals surface area contributed by atoms with E-state index in [0.29, 0.717) is 13.1 Å². The highest BCUT2D eigenvalue weighted by atomic mass is 32.2. The van der Waals surface area contributed by atoms with Crippen LogP contribution in [0.2, 0.25) is 0 Å². The first-order valence-electron chi connectivity index (χ1n) is 9.08. The van der Waals surface area contributed by atoms with Gasteiger partial charge >= 0.3 is 0 Å². The molecular weight excluding hydrogens is 416 g/mol. The number of aryl methyl sites for hydroxylation is 1. The van der Waals surface area contributed by atoms with Crippen molar-refractivity contribution in [2.45, 2.75) is 11.8 Å². The van der Waals surface area contributed by atoms with E-state index in [0.717, 1.165) is 44.5 Å². The average molecular weight is 436 g/mol. The molecule has 0 spiro atoms. The maximum absolute atomic E-state index is 14.0. The molecule has 4 rings (SSSR count). The molecule has 0 aliphatic carbocycles. The summed E-state index contributed by atoms with van der Waals surface area (Å²) < 4.78 is 54.5. The Bertz CT molecular complexity index is 1120. The van der Waals surface area contributed by atoms with Crippen LogP contribution in [-0.2, 0) is 10.0 Å². The molecule has 1 aliphatic heterocycles. The van der Waals surface area contributed by atoms with Gasteiger partial charge in [-0.05, 0) is 25.1 Å². The monoisotopic (exact) mass is 435 g/mol. The maximum atomic E-state index is 14.0. The number of halogens is 2. The van der Waals surface area contributed by atoms with E-state index < -0.39 is 26.6 Å². The molecule has 0 N–H and O–H groups in total. The number of benzene rings is 2. The lowest BCUT2D eigenvalue weighted by molar-refractivity contribution is 0.378. The molecule has 9 heteroatoms. The van der Waals surface area contributed by atoms with Crippen molar-refractivity contribution in [3.05, 3.63) is 65.0 Å². The van der Waals surface area contributed by atoms with Crippen molar-refractivity contribution in [3.63, 3.8) is 0 Å². The van der Waals surface area contributed by atoms with E-state index in [1.54, 1.807) is 0 Å². The summed E-state index contributed by atoms with van der Waals surface area (Å²) >= 11 is 1.49. The molecule has 1 fully saturated rings. The number of hydrogen-bond acceptors (Lipinski definition) is 5. The number of piperazine rings is 1. The lowest BCUT2D eigenvalue weighted by atomic mass is 10.1. The van der Waals surface area contributed by atoms with Crippen LogP contribution in [0, 0.1) is 18.6 Å². The molecule has 0 atom stereocenters. The fourth-order valence-electron chi connectivity index (χ4n) is 3.32. The predicted molar refractivity (Wildman–Crippen MR) is 110 cm³/mol. The predicted octanol–water partition coefficient (Wildman–Crippen LogP) is 3.91. The second-order valence-electron chi connectivity index (χ2n) is 6.83. The van der Waals surface area contributed by atoms with Gasteiger partial charge < -0.3 is 4.90 Å². The minimum Gasteiger partial charge on any atom is -0.345 e. The van der Waals surface area contributed by atoms with Crippen LogP contribution in [0.5, 0.6) is 0 Å². The number of aromatic nitrogens is 1. The van der Waals surface area contributed by atoms with Gasteiger partial charge in [0.15, 0.2) is 10.0 Å². The Morgan fingerprint density at radius 2 is 1.66 bits per heavy atom. The lowest BCUT2D eigenvalue weighted by Crippen LogP contribution is -2.49. The zero-order valence-electron chi connectivity index (χ0n) is 15.7.